The Morgan fingerprint density at radius 3 is 2.70 bits per heavy atom. The minimum absolute atomic E-state index is 0.276. The molecule has 5 rings (SSSR count). The smallest absolute Gasteiger partial charge is 0.257 e. The van der Waals surface area contributed by atoms with Crippen molar-refractivity contribution in [2.24, 2.45) is 7.05 Å². The normalized spacial score (nSPS) is 11.1. The van der Waals surface area contributed by atoms with Crippen LogP contribution in [-0.4, -0.2) is 30.5 Å². The zero-order chi connectivity index (χ0) is 22.9. The Morgan fingerprint density at radius 1 is 1.12 bits per heavy atom. The molecule has 0 aliphatic rings. The van der Waals surface area contributed by atoms with E-state index in [0.717, 1.165) is 22.0 Å². The summed E-state index contributed by atoms with van der Waals surface area (Å²) in [6.45, 7) is 0.484. The number of nitrogens with zero attached hydrogens (tertiary/aromatic N) is 5. The molecule has 0 aliphatic heterocycles. The molecule has 0 atom stereocenters. The first-order chi connectivity index (χ1) is 16.0. The van der Waals surface area contributed by atoms with Crippen LogP contribution in [0.15, 0.2) is 77.7 Å². The number of halogens is 2. The van der Waals surface area contributed by atoms with Gasteiger partial charge < -0.3 is 5.32 Å². The summed E-state index contributed by atoms with van der Waals surface area (Å²) in [7, 11) is 1.84. The van der Waals surface area contributed by atoms with Gasteiger partial charge >= 0.3 is 0 Å². The van der Waals surface area contributed by atoms with E-state index in [0.29, 0.717) is 33.1 Å². The van der Waals surface area contributed by atoms with Gasteiger partial charge in [-0.05, 0) is 39.7 Å². The maximum absolute atomic E-state index is 13.3. The van der Waals surface area contributed by atoms with Gasteiger partial charge in [0.1, 0.15) is 0 Å². The second-order valence-electron chi connectivity index (χ2n) is 7.54. The van der Waals surface area contributed by atoms with Crippen molar-refractivity contribution in [3.63, 3.8) is 0 Å². The molecule has 33 heavy (non-hydrogen) atoms. The molecular weight excluding hydrogens is 504 g/mol. The number of aryl methyl sites for hydroxylation is 1. The minimum atomic E-state index is -0.276. The summed E-state index contributed by atoms with van der Waals surface area (Å²) in [6.07, 6.45) is 5.40. The third kappa shape index (κ3) is 4.40. The Labute approximate surface area is 203 Å². The van der Waals surface area contributed by atoms with Crippen molar-refractivity contribution in [1.29, 1.82) is 0 Å². The van der Waals surface area contributed by atoms with Crippen molar-refractivity contribution < 1.29 is 4.79 Å². The second-order valence-corrected chi connectivity index (χ2v) is 8.81. The number of hydrogen-bond donors (Lipinski definition) is 1. The Bertz CT molecular complexity index is 1490. The maximum Gasteiger partial charge on any atom is 0.257 e. The molecule has 0 saturated carbocycles. The van der Waals surface area contributed by atoms with Crippen LogP contribution < -0.4 is 5.32 Å². The molecule has 0 unspecified atom stereocenters. The number of carbonyl (C=O) groups excluding carboxylic acids is 1. The number of para-hydroxylation sites is 1. The first-order valence-corrected chi connectivity index (χ1v) is 11.3. The molecule has 1 amide bonds. The van der Waals surface area contributed by atoms with E-state index in [1.165, 1.54) is 0 Å². The van der Waals surface area contributed by atoms with Gasteiger partial charge in [0.15, 0.2) is 5.82 Å². The van der Waals surface area contributed by atoms with Gasteiger partial charge in [0.05, 0.1) is 34.0 Å². The Morgan fingerprint density at radius 2 is 1.91 bits per heavy atom. The number of hydrogen-bond acceptors (Lipinski definition) is 4. The fraction of sp³-hybridized carbons (Fsp3) is 0.0833. The number of aromatic nitrogens is 5. The lowest BCUT2D eigenvalue weighted by Gasteiger charge is -2.09. The Kier molecular flexibility index (Phi) is 5.70. The van der Waals surface area contributed by atoms with Crippen LogP contribution >= 0.6 is 27.5 Å². The molecule has 3 aromatic heterocycles. The fourth-order valence-electron chi connectivity index (χ4n) is 3.60. The number of amides is 1. The monoisotopic (exact) mass is 520 g/mol. The van der Waals surface area contributed by atoms with Crippen molar-refractivity contribution in [3.8, 4) is 11.3 Å². The summed E-state index contributed by atoms with van der Waals surface area (Å²) in [5.41, 5.74) is 3.69. The van der Waals surface area contributed by atoms with Gasteiger partial charge in [-0.1, -0.05) is 48.0 Å². The fourth-order valence-corrected chi connectivity index (χ4v) is 4.21. The Balaban J connectivity index is 1.47. The van der Waals surface area contributed by atoms with E-state index in [1.54, 1.807) is 21.6 Å². The van der Waals surface area contributed by atoms with Gasteiger partial charge in [-0.15, -0.1) is 0 Å². The summed E-state index contributed by atoms with van der Waals surface area (Å²) in [5.74, 6) is 0.151. The molecule has 3 heterocycles. The summed E-state index contributed by atoms with van der Waals surface area (Å²) >= 11 is 9.77. The topological polar surface area (TPSA) is 77.6 Å². The van der Waals surface area contributed by atoms with Crippen LogP contribution in [0.25, 0.3) is 22.2 Å². The number of anilines is 1. The minimum Gasteiger partial charge on any atom is -0.304 e. The van der Waals surface area contributed by atoms with Gasteiger partial charge in [0.25, 0.3) is 5.91 Å². The molecule has 5 aromatic rings. The van der Waals surface area contributed by atoms with Crippen LogP contribution in [0.5, 0.6) is 0 Å². The van der Waals surface area contributed by atoms with E-state index < -0.39 is 0 Å². The van der Waals surface area contributed by atoms with Crippen LogP contribution in [0.2, 0.25) is 5.02 Å². The summed E-state index contributed by atoms with van der Waals surface area (Å²) in [5, 5.41) is 13.1. The second kappa shape index (κ2) is 8.80. The highest BCUT2D eigenvalue weighted by atomic mass is 79.9. The number of fused-ring (bicyclic) bond motifs is 1. The summed E-state index contributed by atoms with van der Waals surface area (Å²) < 4.78 is 4.11. The predicted molar refractivity (Wildman–Crippen MR) is 132 cm³/mol. The van der Waals surface area contributed by atoms with Crippen LogP contribution in [0.4, 0.5) is 5.82 Å². The van der Waals surface area contributed by atoms with Crippen molar-refractivity contribution in [3.05, 3.63) is 93.8 Å². The first-order valence-electron chi connectivity index (χ1n) is 10.1. The van der Waals surface area contributed by atoms with Crippen molar-refractivity contribution >= 4 is 50.2 Å². The lowest BCUT2D eigenvalue weighted by Crippen LogP contribution is -2.14. The van der Waals surface area contributed by atoms with E-state index in [9.17, 15) is 4.79 Å². The largest absolute Gasteiger partial charge is 0.304 e. The average Bonchev–Trinajstić information content (AvgIpc) is 3.39. The summed E-state index contributed by atoms with van der Waals surface area (Å²) in [6, 6.07) is 16.9. The van der Waals surface area contributed by atoms with Crippen molar-refractivity contribution in [2.75, 3.05) is 5.32 Å². The van der Waals surface area contributed by atoms with E-state index in [-0.39, 0.29) is 5.91 Å². The first kappa shape index (κ1) is 21.4. The SMILES string of the molecule is Cn1cc(-c2cc(C(=O)Nc3nn(Cc4ccccc4Cl)cc3Br)c3ccccc3n2)cn1. The standard InChI is InChI=1S/C24H18BrClN6O/c1-31-12-16(11-27-31)22-10-18(17-7-3-5-9-21(17)28-22)24(33)29-23-19(25)14-32(30-23)13-15-6-2-4-8-20(15)26/h2-12,14H,13H2,1H3,(H,29,30,33). The van der Waals surface area contributed by atoms with Crippen LogP contribution in [0.1, 0.15) is 15.9 Å². The predicted octanol–water partition coefficient (Wildman–Crippen LogP) is 5.55. The Hall–Kier alpha value is -3.49. The van der Waals surface area contributed by atoms with Gasteiger partial charge in [0, 0.05) is 35.4 Å². The number of carbonyl (C=O) groups is 1. The average molecular weight is 522 g/mol. The number of benzene rings is 2. The highest BCUT2D eigenvalue weighted by Gasteiger charge is 2.17. The highest BCUT2D eigenvalue weighted by Crippen LogP contribution is 2.27. The maximum atomic E-state index is 13.3. The van der Waals surface area contributed by atoms with E-state index in [2.05, 4.69) is 31.4 Å². The number of nitrogens with one attached hydrogen (secondary N) is 1. The van der Waals surface area contributed by atoms with E-state index in [4.69, 9.17) is 16.6 Å². The highest BCUT2D eigenvalue weighted by molar-refractivity contribution is 9.10. The third-order valence-electron chi connectivity index (χ3n) is 5.20. The van der Waals surface area contributed by atoms with Crippen molar-refractivity contribution in [1.82, 2.24) is 24.5 Å². The lowest BCUT2D eigenvalue weighted by molar-refractivity contribution is 0.102. The number of pyridine rings is 1. The lowest BCUT2D eigenvalue weighted by atomic mass is 10.0. The van der Waals surface area contributed by atoms with Gasteiger partial charge in [-0.2, -0.15) is 10.2 Å². The van der Waals surface area contributed by atoms with Gasteiger partial charge in [0.2, 0.25) is 0 Å². The molecule has 164 valence electrons. The van der Waals surface area contributed by atoms with Gasteiger partial charge in [-0.25, -0.2) is 4.98 Å². The summed E-state index contributed by atoms with van der Waals surface area (Å²) in [4.78, 5) is 18.1. The van der Waals surface area contributed by atoms with Crippen LogP contribution in [-0.2, 0) is 13.6 Å². The molecule has 0 spiro atoms. The molecule has 9 heteroatoms. The molecule has 7 nitrogen and oxygen atoms in total. The third-order valence-corrected chi connectivity index (χ3v) is 6.15. The molecular formula is C24H18BrClN6O. The van der Waals surface area contributed by atoms with E-state index >= 15 is 0 Å². The zero-order valence-electron chi connectivity index (χ0n) is 17.5. The number of rotatable bonds is 5. The molecule has 0 aliphatic carbocycles. The van der Waals surface area contributed by atoms with Crippen LogP contribution in [0.3, 0.4) is 0 Å². The van der Waals surface area contributed by atoms with Crippen LogP contribution in [0, 0.1) is 0 Å². The molecule has 1 N–H and O–H groups in total. The quantitative estimate of drug-likeness (QED) is 0.329. The molecule has 2 aromatic carbocycles. The molecule has 0 bridgehead atoms. The van der Waals surface area contributed by atoms with E-state index in [1.807, 2.05) is 68.0 Å². The molecule has 0 saturated heterocycles. The molecule has 0 fully saturated rings. The van der Waals surface area contributed by atoms with Gasteiger partial charge in [-0.3, -0.25) is 14.2 Å². The van der Waals surface area contributed by atoms with Crippen molar-refractivity contribution in [2.45, 2.75) is 6.54 Å². The zero-order valence-corrected chi connectivity index (χ0v) is 19.9. The molecule has 0 radical (unpaired) electrons.